The van der Waals surface area contributed by atoms with Crippen LogP contribution in [0.2, 0.25) is 5.02 Å². The summed E-state index contributed by atoms with van der Waals surface area (Å²) < 4.78 is 13.6. The molecular formula is C15H21ClFNO2. The highest BCUT2D eigenvalue weighted by atomic mass is 35.5. The molecule has 0 bridgehead atoms. The molecule has 0 aliphatic carbocycles. The summed E-state index contributed by atoms with van der Waals surface area (Å²) in [7, 11) is 0. The van der Waals surface area contributed by atoms with E-state index in [1.54, 1.807) is 19.1 Å². The van der Waals surface area contributed by atoms with Crippen LogP contribution in [0.1, 0.15) is 38.7 Å². The Hall–Kier alpha value is -1.13. The third kappa shape index (κ3) is 5.47. The molecule has 0 amide bonds. The summed E-state index contributed by atoms with van der Waals surface area (Å²) in [6.07, 6.45) is 2.33. The first-order chi connectivity index (χ1) is 9.41. The molecule has 2 atom stereocenters. The lowest BCUT2D eigenvalue weighted by molar-refractivity contribution is -0.141. The minimum atomic E-state index is -0.760. The van der Waals surface area contributed by atoms with E-state index in [-0.39, 0.29) is 17.8 Å². The standard InChI is InChI=1S/C15H21ClFNO2/c1-10(15(19)20)5-3-6-11(2)18-9-12-13(16)7-4-8-14(12)17/h4,7-8,10-11,18H,3,5-6,9H2,1-2H3,(H,19,20). The van der Waals surface area contributed by atoms with Crippen molar-refractivity contribution in [1.82, 2.24) is 5.32 Å². The molecule has 20 heavy (non-hydrogen) atoms. The fraction of sp³-hybridized carbons (Fsp3) is 0.533. The average molecular weight is 302 g/mol. The van der Waals surface area contributed by atoms with Gasteiger partial charge in [-0.3, -0.25) is 4.79 Å². The largest absolute Gasteiger partial charge is 0.481 e. The van der Waals surface area contributed by atoms with Gasteiger partial charge in [0.25, 0.3) is 0 Å². The molecule has 0 saturated carbocycles. The van der Waals surface area contributed by atoms with Gasteiger partial charge in [0.05, 0.1) is 5.92 Å². The van der Waals surface area contributed by atoms with Gasteiger partial charge in [-0.05, 0) is 31.9 Å². The van der Waals surface area contributed by atoms with Gasteiger partial charge in [0.15, 0.2) is 0 Å². The van der Waals surface area contributed by atoms with Crippen molar-refractivity contribution in [3.05, 3.63) is 34.6 Å². The summed E-state index contributed by atoms with van der Waals surface area (Å²) in [5.41, 5.74) is 0.472. The number of carbonyl (C=O) groups is 1. The smallest absolute Gasteiger partial charge is 0.306 e. The first-order valence-electron chi connectivity index (χ1n) is 6.81. The lowest BCUT2D eigenvalue weighted by Crippen LogP contribution is -2.26. The maximum Gasteiger partial charge on any atom is 0.306 e. The van der Waals surface area contributed by atoms with Crippen molar-refractivity contribution in [2.45, 2.75) is 45.7 Å². The molecule has 0 aromatic heterocycles. The molecule has 0 aliphatic heterocycles. The molecular weight excluding hydrogens is 281 g/mol. The third-order valence-electron chi connectivity index (χ3n) is 3.38. The van der Waals surface area contributed by atoms with E-state index in [4.69, 9.17) is 16.7 Å². The number of hydrogen-bond donors (Lipinski definition) is 2. The Morgan fingerprint density at radius 2 is 2.10 bits per heavy atom. The molecule has 1 aromatic rings. The lowest BCUT2D eigenvalue weighted by atomic mass is 10.0. The van der Waals surface area contributed by atoms with Crippen LogP contribution in [-0.4, -0.2) is 17.1 Å². The highest BCUT2D eigenvalue weighted by Crippen LogP contribution is 2.19. The Bertz CT molecular complexity index is 433. The maximum absolute atomic E-state index is 13.6. The molecule has 3 nitrogen and oxygen atoms in total. The summed E-state index contributed by atoms with van der Waals surface area (Å²) in [5.74, 6) is -1.39. The molecule has 1 rings (SSSR count). The number of carboxylic acids is 1. The van der Waals surface area contributed by atoms with Gasteiger partial charge in [-0.15, -0.1) is 0 Å². The molecule has 5 heteroatoms. The van der Waals surface area contributed by atoms with Crippen LogP contribution >= 0.6 is 11.6 Å². The van der Waals surface area contributed by atoms with Crippen LogP contribution in [0.3, 0.4) is 0 Å². The van der Waals surface area contributed by atoms with E-state index in [1.165, 1.54) is 6.07 Å². The van der Waals surface area contributed by atoms with E-state index >= 15 is 0 Å². The molecule has 0 aliphatic rings. The van der Waals surface area contributed by atoms with Gasteiger partial charge in [0.1, 0.15) is 5.82 Å². The first kappa shape index (κ1) is 16.9. The molecule has 0 spiro atoms. The van der Waals surface area contributed by atoms with E-state index in [0.29, 0.717) is 23.6 Å². The van der Waals surface area contributed by atoms with Crippen molar-refractivity contribution in [3.8, 4) is 0 Å². The summed E-state index contributed by atoms with van der Waals surface area (Å²) in [4.78, 5) is 10.7. The van der Waals surface area contributed by atoms with Crippen molar-refractivity contribution in [2.75, 3.05) is 0 Å². The summed E-state index contributed by atoms with van der Waals surface area (Å²) in [6, 6.07) is 4.83. The lowest BCUT2D eigenvalue weighted by Gasteiger charge is -2.15. The van der Waals surface area contributed by atoms with Gasteiger partial charge in [-0.1, -0.05) is 31.0 Å². The number of benzene rings is 1. The van der Waals surface area contributed by atoms with Crippen molar-refractivity contribution in [2.24, 2.45) is 5.92 Å². The fourth-order valence-electron chi connectivity index (χ4n) is 1.93. The minimum Gasteiger partial charge on any atom is -0.481 e. The zero-order chi connectivity index (χ0) is 15.1. The van der Waals surface area contributed by atoms with Crippen LogP contribution in [0.4, 0.5) is 4.39 Å². The topological polar surface area (TPSA) is 49.3 Å². The maximum atomic E-state index is 13.6. The SMILES string of the molecule is CC(CCCC(C)C(=O)O)NCc1c(F)cccc1Cl. The van der Waals surface area contributed by atoms with Gasteiger partial charge < -0.3 is 10.4 Å². The first-order valence-corrected chi connectivity index (χ1v) is 7.18. The van der Waals surface area contributed by atoms with E-state index in [2.05, 4.69) is 5.32 Å². The van der Waals surface area contributed by atoms with E-state index in [0.717, 1.165) is 12.8 Å². The van der Waals surface area contributed by atoms with Crippen molar-refractivity contribution in [1.29, 1.82) is 0 Å². The van der Waals surface area contributed by atoms with Crippen LogP contribution in [-0.2, 0) is 11.3 Å². The van der Waals surface area contributed by atoms with E-state index < -0.39 is 5.97 Å². The van der Waals surface area contributed by atoms with Crippen LogP contribution in [0.25, 0.3) is 0 Å². The zero-order valence-corrected chi connectivity index (χ0v) is 12.6. The monoisotopic (exact) mass is 301 g/mol. The number of carboxylic acid groups (broad SMARTS) is 1. The van der Waals surface area contributed by atoms with E-state index in [1.807, 2.05) is 6.92 Å². The summed E-state index contributed by atoms with van der Waals surface area (Å²) >= 11 is 5.95. The Labute approximate surface area is 124 Å². The second-order valence-electron chi connectivity index (χ2n) is 5.15. The quantitative estimate of drug-likeness (QED) is 0.767. The van der Waals surface area contributed by atoms with Crippen LogP contribution in [0, 0.1) is 11.7 Å². The van der Waals surface area contributed by atoms with Gasteiger partial charge in [-0.25, -0.2) is 4.39 Å². The number of rotatable bonds is 8. The van der Waals surface area contributed by atoms with Crippen LogP contribution in [0.5, 0.6) is 0 Å². The molecule has 0 fully saturated rings. The molecule has 0 saturated heterocycles. The predicted molar refractivity (Wildman–Crippen MR) is 78.4 cm³/mol. The van der Waals surface area contributed by atoms with Crippen molar-refractivity contribution >= 4 is 17.6 Å². The Balaban J connectivity index is 2.33. The predicted octanol–water partition coefficient (Wildman–Crippen LogP) is 3.85. The van der Waals surface area contributed by atoms with Gasteiger partial charge >= 0.3 is 5.97 Å². The molecule has 0 heterocycles. The number of hydrogen-bond acceptors (Lipinski definition) is 2. The highest BCUT2D eigenvalue weighted by Gasteiger charge is 2.12. The Morgan fingerprint density at radius 3 is 2.70 bits per heavy atom. The molecule has 112 valence electrons. The second-order valence-corrected chi connectivity index (χ2v) is 5.56. The summed E-state index contributed by atoms with van der Waals surface area (Å²) in [5, 5.41) is 12.4. The van der Waals surface area contributed by atoms with Crippen LogP contribution < -0.4 is 5.32 Å². The summed E-state index contributed by atoms with van der Waals surface area (Å²) in [6.45, 7) is 4.08. The van der Waals surface area contributed by atoms with Gasteiger partial charge in [0.2, 0.25) is 0 Å². The van der Waals surface area contributed by atoms with Crippen LogP contribution in [0.15, 0.2) is 18.2 Å². The molecule has 2 unspecified atom stereocenters. The minimum absolute atomic E-state index is 0.187. The number of halogens is 2. The van der Waals surface area contributed by atoms with Crippen molar-refractivity contribution in [3.63, 3.8) is 0 Å². The van der Waals surface area contributed by atoms with Gasteiger partial charge in [-0.2, -0.15) is 0 Å². The second kappa shape index (κ2) is 8.22. The zero-order valence-electron chi connectivity index (χ0n) is 11.8. The normalized spacial score (nSPS) is 14.0. The Morgan fingerprint density at radius 1 is 1.40 bits per heavy atom. The van der Waals surface area contributed by atoms with E-state index in [9.17, 15) is 9.18 Å². The fourth-order valence-corrected chi connectivity index (χ4v) is 2.16. The third-order valence-corrected chi connectivity index (χ3v) is 3.74. The van der Waals surface area contributed by atoms with Crippen molar-refractivity contribution < 1.29 is 14.3 Å². The average Bonchev–Trinajstić information content (AvgIpc) is 2.37. The molecule has 1 aromatic carbocycles. The van der Waals surface area contributed by atoms with Gasteiger partial charge in [0, 0.05) is 23.2 Å². The highest BCUT2D eigenvalue weighted by molar-refractivity contribution is 6.31. The number of aliphatic carboxylic acids is 1. The number of nitrogens with one attached hydrogen (secondary N) is 1. The Kier molecular flexibility index (Phi) is 6.96. The molecule has 0 radical (unpaired) electrons. The molecule has 2 N–H and O–H groups in total.